The van der Waals surface area contributed by atoms with Gasteiger partial charge in [0.1, 0.15) is 5.82 Å². The third kappa shape index (κ3) is 6.46. The Kier molecular flexibility index (Phi) is 9.22. The summed E-state index contributed by atoms with van der Waals surface area (Å²) in [5.41, 5.74) is 2.99. The maximum atomic E-state index is 6.30. The lowest BCUT2D eigenvalue weighted by Crippen LogP contribution is -2.45. The largest absolute Gasteiger partial charge is 0.356 e. The number of hydrogen-bond donors (Lipinski definition) is 2. The number of rotatable bonds is 6. The molecular formula is C23H32ClIN6. The van der Waals surface area contributed by atoms with E-state index in [2.05, 4.69) is 54.7 Å². The molecule has 0 spiro atoms. The third-order valence-electron chi connectivity index (χ3n) is 5.94. The van der Waals surface area contributed by atoms with Crippen molar-refractivity contribution in [3.05, 3.63) is 58.7 Å². The molecule has 1 atom stereocenters. The maximum Gasteiger partial charge on any atom is 0.191 e. The van der Waals surface area contributed by atoms with Crippen LogP contribution in [0.1, 0.15) is 24.0 Å². The molecule has 4 rings (SSSR count). The molecule has 0 radical (unpaired) electrons. The Bertz CT molecular complexity index is 877. The molecule has 31 heavy (non-hydrogen) atoms. The van der Waals surface area contributed by atoms with Crippen LogP contribution in [0.15, 0.2) is 47.6 Å². The summed E-state index contributed by atoms with van der Waals surface area (Å²) in [5, 5.41) is 7.73. The molecule has 0 aliphatic carbocycles. The molecule has 6 nitrogen and oxygen atoms in total. The monoisotopic (exact) mass is 554 g/mol. The molecule has 3 heterocycles. The Balaban J connectivity index is 0.00000272. The number of hydrogen-bond acceptors (Lipinski definition) is 4. The van der Waals surface area contributed by atoms with Crippen LogP contribution in [0, 0.1) is 0 Å². The van der Waals surface area contributed by atoms with Crippen LogP contribution in [0.4, 0.5) is 5.82 Å². The summed E-state index contributed by atoms with van der Waals surface area (Å²) < 4.78 is 0. The second-order valence-electron chi connectivity index (χ2n) is 8.03. The predicted octanol–water partition coefficient (Wildman–Crippen LogP) is 3.55. The number of benzene rings is 1. The Hall–Kier alpha value is -1.58. The van der Waals surface area contributed by atoms with Gasteiger partial charge >= 0.3 is 0 Å². The van der Waals surface area contributed by atoms with Gasteiger partial charge in [0.15, 0.2) is 5.96 Å². The molecule has 1 aromatic heterocycles. The van der Waals surface area contributed by atoms with Gasteiger partial charge in [-0.1, -0.05) is 35.9 Å². The lowest BCUT2D eigenvalue weighted by Gasteiger charge is -2.28. The van der Waals surface area contributed by atoms with Gasteiger partial charge in [-0.2, -0.15) is 0 Å². The summed E-state index contributed by atoms with van der Waals surface area (Å²) in [7, 11) is 1.83. The first kappa shape index (κ1) is 24.1. The number of nitrogens with one attached hydrogen (secondary N) is 2. The molecule has 0 saturated carbocycles. The number of aliphatic imine (C=N–C) groups is 1. The van der Waals surface area contributed by atoms with Crippen LogP contribution in [-0.2, 0) is 13.0 Å². The minimum atomic E-state index is 0. The molecule has 2 N–H and O–H groups in total. The van der Waals surface area contributed by atoms with Gasteiger partial charge in [0.2, 0.25) is 0 Å². The number of pyridine rings is 1. The smallest absolute Gasteiger partial charge is 0.191 e. The van der Waals surface area contributed by atoms with E-state index < -0.39 is 0 Å². The predicted molar refractivity (Wildman–Crippen MR) is 140 cm³/mol. The van der Waals surface area contributed by atoms with Gasteiger partial charge in [0.05, 0.1) is 5.02 Å². The Morgan fingerprint density at radius 1 is 1.19 bits per heavy atom. The van der Waals surface area contributed by atoms with Gasteiger partial charge in [0.25, 0.3) is 0 Å². The standard InChI is InChI=1S/C23H31ClN6.HI/c1-25-23(28-20-10-15-30(17-20)22-21(24)8-4-11-26-22)27-12-5-13-29-14-9-18-6-2-3-7-19(18)16-29;/h2-4,6-8,11,20H,5,9-10,12-17H2,1H3,(H2,25,27,28);1H. The van der Waals surface area contributed by atoms with Gasteiger partial charge in [-0.25, -0.2) is 4.98 Å². The van der Waals surface area contributed by atoms with Crippen molar-refractivity contribution in [3.8, 4) is 0 Å². The molecule has 2 aliphatic rings. The number of nitrogens with zero attached hydrogens (tertiary/aromatic N) is 4. The zero-order chi connectivity index (χ0) is 20.8. The summed E-state index contributed by atoms with van der Waals surface area (Å²) in [6, 6.07) is 12.9. The second-order valence-corrected chi connectivity index (χ2v) is 8.44. The number of fused-ring (bicyclic) bond motifs is 1. The van der Waals surface area contributed by atoms with Crippen LogP contribution in [0.25, 0.3) is 0 Å². The SMILES string of the molecule is CN=C(NCCCN1CCc2ccccc2C1)NC1CCN(c2ncccc2Cl)C1.I. The zero-order valence-corrected chi connectivity index (χ0v) is 21.1. The molecule has 168 valence electrons. The highest BCUT2D eigenvalue weighted by Gasteiger charge is 2.25. The van der Waals surface area contributed by atoms with Crippen molar-refractivity contribution in [2.45, 2.75) is 31.8 Å². The molecule has 1 fully saturated rings. The number of halogens is 2. The minimum absolute atomic E-state index is 0. The van der Waals surface area contributed by atoms with Gasteiger partial charge in [-0.05, 0) is 42.5 Å². The molecule has 1 unspecified atom stereocenters. The van der Waals surface area contributed by atoms with Crippen LogP contribution in [-0.4, -0.2) is 61.7 Å². The van der Waals surface area contributed by atoms with E-state index in [1.807, 2.05) is 19.2 Å². The zero-order valence-electron chi connectivity index (χ0n) is 18.1. The summed E-state index contributed by atoms with van der Waals surface area (Å²) in [6.45, 7) is 6.07. The molecule has 8 heteroatoms. The molecule has 1 aromatic carbocycles. The fourth-order valence-electron chi connectivity index (χ4n) is 4.32. The van der Waals surface area contributed by atoms with Crippen LogP contribution in [0.2, 0.25) is 5.02 Å². The van der Waals surface area contributed by atoms with Gasteiger partial charge in [0, 0.05) is 58.6 Å². The van der Waals surface area contributed by atoms with Crippen molar-refractivity contribution in [2.75, 3.05) is 44.7 Å². The fraction of sp³-hybridized carbons (Fsp3) is 0.478. The lowest BCUT2D eigenvalue weighted by atomic mass is 10.00. The van der Waals surface area contributed by atoms with Crippen LogP contribution in [0.3, 0.4) is 0 Å². The van der Waals surface area contributed by atoms with Crippen molar-refractivity contribution >= 4 is 47.4 Å². The summed E-state index contributed by atoms with van der Waals surface area (Å²) in [4.78, 5) is 13.6. The topological polar surface area (TPSA) is 55.8 Å². The van der Waals surface area contributed by atoms with Gasteiger partial charge in [-0.15, -0.1) is 24.0 Å². The van der Waals surface area contributed by atoms with Crippen molar-refractivity contribution in [3.63, 3.8) is 0 Å². The fourth-order valence-corrected chi connectivity index (χ4v) is 4.56. The van der Waals surface area contributed by atoms with E-state index in [1.54, 1.807) is 6.20 Å². The Labute approximate surface area is 207 Å². The van der Waals surface area contributed by atoms with Crippen molar-refractivity contribution in [1.29, 1.82) is 0 Å². The Morgan fingerprint density at radius 3 is 2.84 bits per heavy atom. The average Bonchev–Trinajstić information content (AvgIpc) is 3.24. The van der Waals surface area contributed by atoms with Gasteiger partial charge < -0.3 is 15.5 Å². The van der Waals surface area contributed by atoms with Crippen molar-refractivity contribution in [1.82, 2.24) is 20.5 Å². The first-order valence-corrected chi connectivity index (χ1v) is 11.2. The highest BCUT2D eigenvalue weighted by Crippen LogP contribution is 2.25. The van der Waals surface area contributed by atoms with Crippen molar-refractivity contribution < 1.29 is 0 Å². The molecular weight excluding hydrogens is 523 g/mol. The average molecular weight is 555 g/mol. The number of anilines is 1. The van der Waals surface area contributed by atoms with Crippen LogP contribution >= 0.6 is 35.6 Å². The normalized spacial score (nSPS) is 19.0. The molecule has 2 aromatic rings. The molecule has 1 saturated heterocycles. The third-order valence-corrected chi connectivity index (χ3v) is 6.24. The summed E-state index contributed by atoms with van der Waals surface area (Å²) in [5.74, 6) is 1.74. The van der Waals surface area contributed by atoms with E-state index in [1.165, 1.54) is 11.1 Å². The van der Waals surface area contributed by atoms with E-state index in [0.717, 1.165) is 70.3 Å². The first-order valence-electron chi connectivity index (χ1n) is 10.8. The molecule has 2 aliphatic heterocycles. The highest BCUT2D eigenvalue weighted by molar-refractivity contribution is 14.0. The maximum absolute atomic E-state index is 6.30. The van der Waals surface area contributed by atoms with Gasteiger partial charge in [-0.3, -0.25) is 9.89 Å². The number of aromatic nitrogens is 1. The van der Waals surface area contributed by atoms with Crippen LogP contribution in [0.5, 0.6) is 0 Å². The van der Waals surface area contributed by atoms with Crippen LogP contribution < -0.4 is 15.5 Å². The molecule has 0 amide bonds. The molecule has 0 bridgehead atoms. The number of guanidine groups is 1. The minimum Gasteiger partial charge on any atom is -0.356 e. The second kappa shape index (κ2) is 11.9. The summed E-state index contributed by atoms with van der Waals surface area (Å²) >= 11 is 6.30. The highest BCUT2D eigenvalue weighted by atomic mass is 127. The Morgan fingerprint density at radius 2 is 2.03 bits per heavy atom. The van der Waals surface area contributed by atoms with E-state index in [-0.39, 0.29) is 24.0 Å². The van der Waals surface area contributed by atoms with E-state index in [4.69, 9.17) is 11.6 Å². The lowest BCUT2D eigenvalue weighted by molar-refractivity contribution is 0.251. The first-order chi connectivity index (χ1) is 14.7. The summed E-state index contributed by atoms with van der Waals surface area (Å²) in [6.07, 6.45) is 5.10. The van der Waals surface area contributed by atoms with E-state index in [9.17, 15) is 0 Å². The quantitative estimate of drug-likeness (QED) is 0.248. The van der Waals surface area contributed by atoms with Crippen molar-refractivity contribution in [2.24, 2.45) is 4.99 Å². The van der Waals surface area contributed by atoms with E-state index in [0.29, 0.717) is 11.1 Å². The van der Waals surface area contributed by atoms with E-state index >= 15 is 0 Å².